The van der Waals surface area contributed by atoms with Gasteiger partial charge in [0.1, 0.15) is 12.4 Å². The molecule has 0 spiro atoms. The molecule has 0 saturated carbocycles. The molecule has 25 heavy (non-hydrogen) atoms. The second-order valence-corrected chi connectivity index (χ2v) is 5.75. The Morgan fingerprint density at radius 1 is 1.08 bits per heavy atom. The summed E-state index contributed by atoms with van der Waals surface area (Å²) in [6.45, 7) is 4.46. The van der Waals surface area contributed by atoms with Crippen LogP contribution in [0.4, 0.5) is 0 Å². The van der Waals surface area contributed by atoms with Gasteiger partial charge in [0.2, 0.25) is 0 Å². The van der Waals surface area contributed by atoms with Crippen LogP contribution in [0.1, 0.15) is 29.8 Å². The van der Waals surface area contributed by atoms with Gasteiger partial charge in [-0.3, -0.25) is 4.79 Å². The topological polar surface area (TPSA) is 55.8 Å². The van der Waals surface area contributed by atoms with Crippen LogP contribution in [-0.4, -0.2) is 24.6 Å². The fourth-order valence-corrected chi connectivity index (χ4v) is 2.09. The summed E-state index contributed by atoms with van der Waals surface area (Å²) in [7, 11) is 1.55. The summed E-state index contributed by atoms with van der Waals surface area (Å²) in [4.78, 5) is 12.3. The van der Waals surface area contributed by atoms with Gasteiger partial charge < -0.3 is 14.6 Å². The molecule has 0 amide bonds. The zero-order valence-electron chi connectivity index (χ0n) is 14.7. The minimum atomic E-state index is -0.137. The molecule has 0 atom stereocenters. The zero-order valence-corrected chi connectivity index (χ0v) is 14.7. The van der Waals surface area contributed by atoms with Gasteiger partial charge in [-0.1, -0.05) is 23.8 Å². The highest BCUT2D eigenvalue weighted by Gasteiger charge is 2.09. The first-order valence-electron chi connectivity index (χ1n) is 7.95. The molecule has 0 fully saturated rings. The number of aromatic hydroxyl groups is 1. The van der Waals surface area contributed by atoms with Gasteiger partial charge in [-0.15, -0.1) is 0 Å². The van der Waals surface area contributed by atoms with E-state index in [2.05, 4.69) is 0 Å². The number of ether oxygens (including phenoxy) is 2. The van der Waals surface area contributed by atoms with Crippen molar-refractivity contribution in [1.82, 2.24) is 0 Å². The van der Waals surface area contributed by atoms with Crippen LogP contribution in [-0.2, 0) is 0 Å². The Balaban J connectivity index is 2.11. The number of ketones is 1. The maximum atomic E-state index is 12.3. The van der Waals surface area contributed by atoms with Crippen molar-refractivity contribution < 1.29 is 19.4 Å². The number of hydrogen-bond acceptors (Lipinski definition) is 4. The molecular weight excluding hydrogens is 316 g/mol. The molecule has 0 aliphatic rings. The number of rotatable bonds is 7. The molecule has 0 saturated heterocycles. The van der Waals surface area contributed by atoms with E-state index in [0.29, 0.717) is 23.7 Å². The predicted molar refractivity (Wildman–Crippen MR) is 99.4 cm³/mol. The number of methoxy groups -OCH3 is 1. The van der Waals surface area contributed by atoms with Crippen molar-refractivity contribution in [3.8, 4) is 17.2 Å². The van der Waals surface area contributed by atoms with Crippen LogP contribution in [0, 0.1) is 0 Å². The van der Waals surface area contributed by atoms with Crippen LogP contribution < -0.4 is 9.47 Å². The predicted octanol–water partition coefficient (Wildman–Crippen LogP) is 4.64. The van der Waals surface area contributed by atoms with Crippen molar-refractivity contribution in [2.45, 2.75) is 13.8 Å². The lowest BCUT2D eigenvalue weighted by atomic mass is 10.1. The lowest BCUT2D eigenvalue weighted by Crippen LogP contribution is -2.00. The molecule has 1 N–H and O–H groups in total. The number of benzene rings is 2. The maximum Gasteiger partial charge on any atom is 0.185 e. The Labute approximate surface area is 148 Å². The first kappa shape index (κ1) is 18.3. The fraction of sp³-hybridized carbons (Fsp3) is 0.190. The molecule has 0 aliphatic heterocycles. The molecule has 4 heteroatoms. The van der Waals surface area contributed by atoms with Crippen LogP contribution in [0.5, 0.6) is 17.2 Å². The molecule has 0 aliphatic carbocycles. The first-order valence-corrected chi connectivity index (χ1v) is 7.95. The van der Waals surface area contributed by atoms with Gasteiger partial charge in [0.05, 0.1) is 7.11 Å². The molecule has 0 bridgehead atoms. The molecular formula is C21H22O4. The van der Waals surface area contributed by atoms with E-state index in [4.69, 9.17) is 9.47 Å². The number of carbonyl (C=O) groups excluding carboxylic acids is 1. The van der Waals surface area contributed by atoms with E-state index >= 15 is 0 Å². The van der Waals surface area contributed by atoms with Crippen LogP contribution in [0.2, 0.25) is 0 Å². The molecule has 2 aromatic rings. The Hall–Kier alpha value is -3.01. The normalized spacial score (nSPS) is 10.5. The van der Waals surface area contributed by atoms with Crippen molar-refractivity contribution in [3.63, 3.8) is 0 Å². The second-order valence-electron chi connectivity index (χ2n) is 5.75. The SMILES string of the molecule is COc1cc(C(=O)/C=C/c2ccc(O)cc2)ccc1OCC=C(C)C. The monoisotopic (exact) mass is 338 g/mol. The molecule has 0 unspecified atom stereocenters. The third kappa shape index (κ3) is 5.53. The van der Waals surface area contributed by atoms with E-state index in [1.54, 1.807) is 55.7 Å². The van der Waals surface area contributed by atoms with Crippen molar-refractivity contribution in [2.24, 2.45) is 0 Å². The minimum absolute atomic E-state index is 0.137. The van der Waals surface area contributed by atoms with Crippen LogP contribution >= 0.6 is 0 Å². The summed E-state index contributed by atoms with van der Waals surface area (Å²) >= 11 is 0. The van der Waals surface area contributed by atoms with Crippen LogP contribution in [0.3, 0.4) is 0 Å². The molecule has 4 nitrogen and oxygen atoms in total. The zero-order chi connectivity index (χ0) is 18.2. The summed E-state index contributed by atoms with van der Waals surface area (Å²) in [5.41, 5.74) is 2.52. The first-order chi connectivity index (χ1) is 12.0. The quantitative estimate of drug-likeness (QED) is 0.454. The minimum Gasteiger partial charge on any atom is -0.508 e. The van der Waals surface area contributed by atoms with Crippen LogP contribution in [0.25, 0.3) is 6.08 Å². The molecule has 0 radical (unpaired) electrons. The average molecular weight is 338 g/mol. The van der Waals surface area contributed by atoms with E-state index in [1.807, 2.05) is 19.9 Å². The highest BCUT2D eigenvalue weighted by Crippen LogP contribution is 2.28. The summed E-state index contributed by atoms with van der Waals surface area (Å²) in [5.74, 6) is 1.17. The van der Waals surface area contributed by atoms with Gasteiger partial charge in [0.15, 0.2) is 17.3 Å². The molecule has 2 rings (SSSR count). The standard InChI is InChI=1S/C21H22O4/c1-15(2)12-13-25-20-11-7-17(14-21(20)24-3)19(23)10-6-16-4-8-18(22)9-5-16/h4-12,14,22H,13H2,1-3H3/b10-6+. The number of hydrogen-bond donors (Lipinski definition) is 1. The summed E-state index contributed by atoms with van der Waals surface area (Å²) in [6, 6.07) is 11.7. The molecule has 0 heterocycles. The average Bonchev–Trinajstić information content (AvgIpc) is 2.60. The van der Waals surface area contributed by atoms with E-state index < -0.39 is 0 Å². The van der Waals surface area contributed by atoms with Gasteiger partial charge >= 0.3 is 0 Å². The Morgan fingerprint density at radius 3 is 2.44 bits per heavy atom. The fourth-order valence-electron chi connectivity index (χ4n) is 2.09. The Kier molecular flexibility index (Phi) is 6.40. The van der Waals surface area contributed by atoms with Gasteiger partial charge in [-0.2, -0.15) is 0 Å². The van der Waals surface area contributed by atoms with Gasteiger partial charge in [0, 0.05) is 5.56 Å². The van der Waals surface area contributed by atoms with Gasteiger partial charge in [0.25, 0.3) is 0 Å². The Morgan fingerprint density at radius 2 is 1.80 bits per heavy atom. The number of carbonyl (C=O) groups is 1. The highest BCUT2D eigenvalue weighted by molar-refractivity contribution is 6.07. The largest absolute Gasteiger partial charge is 0.508 e. The molecule has 2 aromatic carbocycles. The van der Waals surface area contributed by atoms with Gasteiger partial charge in [-0.05, 0) is 61.9 Å². The summed E-state index contributed by atoms with van der Waals surface area (Å²) in [5, 5.41) is 9.27. The number of allylic oxidation sites excluding steroid dienone is 2. The second kappa shape index (κ2) is 8.73. The van der Waals surface area contributed by atoms with E-state index in [0.717, 1.165) is 5.56 Å². The van der Waals surface area contributed by atoms with E-state index in [9.17, 15) is 9.90 Å². The lowest BCUT2D eigenvalue weighted by molar-refractivity contribution is 0.104. The number of phenolic OH excluding ortho intramolecular Hbond substituents is 1. The van der Waals surface area contributed by atoms with Crippen molar-refractivity contribution in [1.29, 1.82) is 0 Å². The van der Waals surface area contributed by atoms with Crippen molar-refractivity contribution in [2.75, 3.05) is 13.7 Å². The number of phenols is 1. The molecule has 0 aromatic heterocycles. The summed E-state index contributed by atoms with van der Waals surface area (Å²) in [6.07, 6.45) is 5.16. The van der Waals surface area contributed by atoms with Crippen molar-refractivity contribution >= 4 is 11.9 Å². The van der Waals surface area contributed by atoms with Gasteiger partial charge in [-0.25, -0.2) is 0 Å². The smallest absolute Gasteiger partial charge is 0.185 e. The third-order valence-electron chi connectivity index (χ3n) is 3.50. The highest BCUT2D eigenvalue weighted by atomic mass is 16.5. The Bertz CT molecular complexity index is 782. The van der Waals surface area contributed by atoms with Crippen molar-refractivity contribution in [3.05, 3.63) is 71.3 Å². The molecule has 130 valence electrons. The van der Waals surface area contributed by atoms with E-state index in [1.165, 1.54) is 11.6 Å². The maximum absolute atomic E-state index is 12.3. The third-order valence-corrected chi connectivity index (χ3v) is 3.50. The lowest BCUT2D eigenvalue weighted by Gasteiger charge is -2.10. The summed E-state index contributed by atoms with van der Waals surface area (Å²) < 4.78 is 11.0. The van der Waals surface area contributed by atoms with Crippen LogP contribution in [0.15, 0.2) is 60.2 Å². The van der Waals surface area contributed by atoms with E-state index in [-0.39, 0.29) is 11.5 Å².